The van der Waals surface area contributed by atoms with Crippen LogP contribution >= 0.6 is 22.9 Å². The maximum absolute atomic E-state index is 13.1. The van der Waals surface area contributed by atoms with Gasteiger partial charge in [0, 0.05) is 10.6 Å². The van der Waals surface area contributed by atoms with Crippen LogP contribution < -0.4 is 4.90 Å². The summed E-state index contributed by atoms with van der Waals surface area (Å²) in [5.41, 5.74) is 2.21. The van der Waals surface area contributed by atoms with Gasteiger partial charge in [0.25, 0.3) is 5.78 Å². The highest BCUT2D eigenvalue weighted by Gasteiger charge is 2.49. The smallest absolute Gasteiger partial charge is 0.302 e. The normalized spacial score (nSPS) is 18.1. The maximum atomic E-state index is 13.1. The van der Waals surface area contributed by atoms with Crippen LogP contribution in [0.4, 0.5) is 5.13 Å². The van der Waals surface area contributed by atoms with Crippen LogP contribution in [0.15, 0.2) is 70.9 Å². The van der Waals surface area contributed by atoms with E-state index in [2.05, 4.69) is 11.9 Å². The van der Waals surface area contributed by atoms with Crippen molar-refractivity contribution in [2.45, 2.75) is 19.4 Å². The zero-order valence-corrected chi connectivity index (χ0v) is 18.5. The monoisotopic (exact) mass is 464 g/mol. The Morgan fingerprint density at radius 2 is 1.97 bits per heavy atom. The molecule has 0 radical (unpaired) electrons. The summed E-state index contributed by atoms with van der Waals surface area (Å²) in [4.78, 5) is 32.1. The molecule has 2 aromatic heterocycles. The highest BCUT2D eigenvalue weighted by Crippen LogP contribution is 2.44. The topological polar surface area (TPSA) is 83.6 Å². The molecule has 3 heterocycles. The van der Waals surface area contributed by atoms with Crippen molar-refractivity contribution in [1.82, 2.24) is 4.98 Å². The molecule has 5 rings (SSSR count). The molecular formula is C24H17ClN2O4S. The molecule has 1 amide bonds. The molecule has 0 spiro atoms. The van der Waals surface area contributed by atoms with Crippen molar-refractivity contribution in [3.05, 3.63) is 88.3 Å². The van der Waals surface area contributed by atoms with Crippen molar-refractivity contribution in [3.8, 4) is 0 Å². The molecule has 1 atom stereocenters. The molecule has 0 unspecified atom stereocenters. The second-order valence-corrected chi connectivity index (χ2v) is 8.79. The van der Waals surface area contributed by atoms with E-state index in [9.17, 15) is 14.7 Å². The fourth-order valence-electron chi connectivity index (χ4n) is 3.79. The third-order valence-corrected chi connectivity index (χ3v) is 6.70. The van der Waals surface area contributed by atoms with Crippen LogP contribution in [0.5, 0.6) is 0 Å². The molecule has 8 heteroatoms. The van der Waals surface area contributed by atoms with Crippen LogP contribution in [0.25, 0.3) is 16.0 Å². The summed E-state index contributed by atoms with van der Waals surface area (Å²) >= 11 is 7.27. The Kier molecular flexibility index (Phi) is 5.07. The average Bonchev–Trinajstić information content (AvgIpc) is 3.52. The lowest BCUT2D eigenvalue weighted by atomic mass is 9.99. The lowest BCUT2D eigenvalue weighted by Gasteiger charge is -2.20. The Bertz CT molecular complexity index is 1370. The number of aliphatic hydroxyl groups is 1. The van der Waals surface area contributed by atoms with Gasteiger partial charge in [0.1, 0.15) is 17.6 Å². The fourth-order valence-corrected chi connectivity index (χ4v) is 4.97. The van der Waals surface area contributed by atoms with Crippen molar-refractivity contribution in [1.29, 1.82) is 0 Å². The van der Waals surface area contributed by atoms with Crippen molar-refractivity contribution >= 4 is 55.7 Å². The van der Waals surface area contributed by atoms with Crippen LogP contribution in [0, 0.1) is 0 Å². The molecule has 4 aromatic rings. The van der Waals surface area contributed by atoms with Crippen molar-refractivity contribution in [2.75, 3.05) is 4.90 Å². The van der Waals surface area contributed by atoms with Gasteiger partial charge in [-0.1, -0.05) is 35.9 Å². The van der Waals surface area contributed by atoms with Crippen LogP contribution in [-0.4, -0.2) is 21.8 Å². The lowest BCUT2D eigenvalue weighted by molar-refractivity contribution is -0.132. The highest BCUT2D eigenvalue weighted by atomic mass is 35.5. The number of hydrogen-bond donors (Lipinski definition) is 1. The van der Waals surface area contributed by atoms with E-state index in [0.717, 1.165) is 22.2 Å². The van der Waals surface area contributed by atoms with Crippen molar-refractivity contribution in [3.63, 3.8) is 0 Å². The Hall–Kier alpha value is -3.42. The largest absolute Gasteiger partial charge is 0.507 e. The van der Waals surface area contributed by atoms with Gasteiger partial charge in [-0.15, -0.1) is 0 Å². The Morgan fingerprint density at radius 3 is 2.66 bits per heavy atom. The molecule has 160 valence electrons. The minimum absolute atomic E-state index is 0.0548. The number of thiazole rings is 1. The minimum atomic E-state index is -0.938. The Labute approximate surface area is 192 Å². The third kappa shape index (κ3) is 3.30. The van der Waals surface area contributed by atoms with Gasteiger partial charge < -0.3 is 9.52 Å². The maximum Gasteiger partial charge on any atom is 0.302 e. The standard InChI is InChI=1S/C24H17ClN2O4S/c1-2-13-5-10-16-18(12-13)32-24(26-16)27-20(17-4-3-11-31-17)19(22(29)23(27)30)21(28)14-6-8-15(25)9-7-14/h3-12,20,28H,2H2,1H3/b21-19+/t20-/m0/s1. The highest BCUT2D eigenvalue weighted by molar-refractivity contribution is 7.22. The second kappa shape index (κ2) is 7.93. The first kappa shape index (κ1) is 20.5. The molecule has 0 aliphatic carbocycles. The van der Waals surface area contributed by atoms with E-state index < -0.39 is 17.7 Å². The molecule has 6 nitrogen and oxygen atoms in total. The number of halogens is 1. The quantitative estimate of drug-likeness (QED) is 0.237. The van der Waals surface area contributed by atoms with E-state index in [0.29, 0.717) is 21.5 Å². The lowest BCUT2D eigenvalue weighted by Crippen LogP contribution is -2.29. The van der Waals surface area contributed by atoms with E-state index in [1.54, 1.807) is 36.4 Å². The first-order chi connectivity index (χ1) is 15.5. The molecule has 1 N–H and O–H groups in total. The zero-order chi connectivity index (χ0) is 22.4. The number of benzene rings is 2. The molecular weight excluding hydrogens is 448 g/mol. The summed E-state index contributed by atoms with van der Waals surface area (Å²) in [6.45, 7) is 2.06. The SMILES string of the molecule is CCc1ccc2nc(N3C(=O)C(=O)/C(=C(/O)c4ccc(Cl)cc4)[C@@H]3c3ccco3)sc2c1. The fraction of sp³-hybridized carbons (Fsp3) is 0.125. The molecule has 2 aromatic carbocycles. The number of aromatic nitrogens is 1. The summed E-state index contributed by atoms with van der Waals surface area (Å²) in [6, 6.07) is 14.7. The first-order valence-electron chi connectivity index (χ1n) is 9.97. The summed E-state index contributed by atoms with van der Waals surface area (Å²) in [5, 5.41) is 11.9. The first-order valence-corrected chi connectivity index (χ1v) is 11.2. The van der Waals surface area contributed by atoms with Crippen LogP contribution in [-0.2, 0) is 16.0 Å². The van der Waals surface area contributed by atoms with E-state index in [1.807, 2.05) is 18.2 Å². The number of Topliss-reactive ketones (excluding diaryl/α,β-unsaturated/α-hetero) is 1. The number of carbonyl (C=O) groups is 2. The molecule has 1 saturated heterocycles. The van der Waals surface area contributed by atoms with E-state index in [4.69, 9.17) is 16.0 Å². The summed E-state index contributed by atoms with van der Waals surface area (Å²) in [7, 11) is 0. The number of rotatable bonds is 4. The predicted molar refractivity (Wildman–Crippen MR) is 124 cm³/mol. The van der Waals surface area contributed by atoms with Crippen LogP contribution in [0.1, 0.15) is 29.9 Å². The van der Waals surface area contributed by atoms with E-state index in [-0.39, 0.29) is 11.3 Å². The average molecular weight is 465 g/mol. The predicted octanol–water partition coefficient (Wildman–Crippen LogP) is 5.73. The molecule has 32 heavy (non-hydrogen) atoms. The minimum Gasteiger partial charge on any atom is -0.507 e. The molecule has 1 aliphatic rings. The number of furan rings is 1. The number of anilines is 1. The van der Waals surface area contributed by atoms with Crippen LogP contribution in [0.2, 0.25) is 5.02 Å². The number of nitrogens with zero attached hydrogens (tertiary/aromatic N) is 2. The number of fused-ring (bicyclic) bond motifs is 1. The van der Waals surface area contributed by atoms with Gasteiger partial charge in [0.2, 0.25) is 0 Å². The van der Waals surface area contributed by atoms with E-state index in [1.165, 1.54) is 22.5 Å². The van der Waals surface area contributed by atoms with Gasteiger partial charge >= 0.3 is 5.91 Å². The van der Waals surface area contributed by atoms with Gasteiger partial charge in [-0.25, -0.2) is 4.98 Å². The summed E-state index contributed by atoms with van der Waals surface area (Å²) in [6.07, 6.45) is 2.34. The third-order valence-electron chi connectivity index (χ3n) is 5.43. The number of aliphatic hydroxyl groups excluding tert-OH is 1. The second-order valence-electron chi connectivity index (χ2n) is 7.34. The number of ketones is 1. The number of aryl methyl sites for hydroxylation is 1. The Morgan fingerprint density at radius 1 is 1.19 bits per heavy atom. The van der Waals surface area contributed by atoms with Crippen LogP contribution in [0.3, 0.4) is 0 Å². The van der Waals surface area contributed by atoms with Crippen molar-refractivity contribution in [2.24, 2.45) is 0 Å². The number of carbonyl (C=O) groups excluding carboxylic acids is 2. The van der Waals surface area contributed by atoms with Crippen molar-refractivity contribution < 1.29 is 19.1 Å². The van der Waals surface area contributed by atoms with E-state index >= 15 is 0 Å². The number of hydrogen-bond acceptors (Lipinski definition) is 6. The van der Waals surface area contributed by atoms with Gasteiger partial charge in [0.15, 0.2) is 5.13 Å². The molecule has 0 saturated carbocycles. The Balaban J connectivity index is 1.69. The molecule has 1 fully saturated rings. The van der Waals surface area contributed by atoms with Gasteiger partial charge in [-0.05, 0) is 60.5 Å². The van der Waals surface area contributed by atoms with Gasteiger partial charge in [-0.3, -0.25) is 14.5 Å². The molecule has 0 bridgehead atoms. The van der Waals surface area contributed by atoms with Gasteiger partial charge in [0.05, 0.1) is 22.1 Å². The summed E-state index contributed by atoms with van der Waals surface area (Å²) in [5.74, 6) is -1.50. The molecule has 1 aliphatic heterocycles. The zero-order valence-electron chi connectivity index (χ0n) is 16.9. The van der Waals surface area contributed by atoms with Gasteiger partial charge in [-0.2, -0.15) is 0 Å². The summed E-state index contributed by atoms with van der Waals surface area (Å²) < 4.78 is 6.49. The number of amides is 1.